The van der Waals surface area contributed by atoms with E-state index in [1.165, 1.54) is 0 Å². The third-order valence-corrected chi connectivity index (χ3v) is 4.51. The van der Waals surface area contributed by atoms with Crippen molar-refractivity contribution in [1.82, 2.24) is 9.97 Å². The summed E-state index contributed by atoms with van der Waals surface area (Å²) in [6, 6.07) is 13.8. The Morgan fingerprint density at radius 3 is 2.16 bits per heavy atom. The molecule has 0 amide bonds. The minimum atomic E-state index is -4.61. The maximum absolute atomic E-state index is 13.6. The van der Waals surface area contributed by atoms with Crippen LogP contribution < -0.4 is 19.7 Å². The third kappa shape index (κ3) is 5.81. The van der Waals surface area contributed by atoms with Gasteiger partial charge in [0.25, 0.3) is 0 Å². The first kappa shape index (κ1) is 23.2. The van der Waals surface area contributed by atoms with Crippen LogP contribution in [-0.4, -0.2) is 30.2 Å². The van der Waals surface area contributed by atoms with Gasteiger partial charge in [-0.3, -0.25) is 0 Å². The number of benzene rings is 2. The molecule has 0 spiro atoms. The predicted octanol–water partition coefficient (Wildman–Crippen LogP) is 6.19. The predicted molar refractivity (Wildman–Crippen MR) is 118 cm³/mol. The van der Waals surface area contributed by atoms with E-state index in [2.05, 4.69) is 15.3 Å². The molecule has 32 heavy (non-hydrogen) atoms. The Labute approximate surface area is 185 Å². The maximum atomic E-state index is 13.6. The zero-order valence-corrected chi connectivity index (χ0v) is 18.1. The summed E-state index contributed by atoms with van der Waals surface area (Å²) in [6.07, 6.45) is -2.93. The van der Waals surface area contributed by atoms with Crippen molar-refractivity contribution in [2.75, 3.05) is 30.5 Å². The molecule has 0 aliphatic rings. The largest absolute Gasteiger partial charge is 0.494 e. The average Bonchev–Trinajstić information content (AvgIpc) is 2.78. The molecule has 3 aromatic rings. The highest BCUT2D eigenvalue weighted by atomic mass is 19.4. The molecule has 1 N–H and O–H groups in total. The molecule has 0 radical (unpaired) electrons. The van der Waals surface area contributed by atoms with Crippen molar-refractivity contribution < 1.29 is 22.6 Å². The Hall–Kier alpha value is -3.49. The third-order valence-electron chi connectivity index (χ3n) is 4.51. The van der Waals surface area contributed by atoms with Gasteiger partial charge in [-0.2, -0.15) is 18.2 Å². The van der Waals surface area contributed by atoms with E-state index in [1.54, 1.807) is 60.5 Å². The molecule has 3 rings (SSSR count). The monoisotopic (exact) mass is 446 g/mol. The summed E-state index contributed by atoms with van der Waals surface area (Å²) in [5.74, 6) is 1.13. The molecule has 0 unspecified atom stereocenters. The van der Waals surface area contributed by atoms with Crippen LogP contribution >= 0.6 is 0 Å². The van der Waals surface area contributed by atoms with Crippen molar-refractivity contribution in [2.45, 2.75) is 26.4 Å². The number of halogens is 3. The summed E-state index contributed by atoms with van der Waals surface area (Å²) in [4.78, 5) is 9.70. The van der Waals surface area contributed by atoms with Gasteiger partial charge < -0.3 is 19.7 Å². The standard InChI is InChI=1S/C23H25F3N4O2/c1-4-14-32-19-12-8-17(9-13-19)30(3)22-27-15-20(23(24,25)26)21(29-22)28-16-6-10-18(11-7-16)31-5-2/h6-13,15H,4-5,14H2,1-3H3,(H,27,28,29). The molecule has 0 bridgehead atoms. The average molecular weight is 446 g/mol. The fourth-order valence-corrected chi connectivity index (χ4v) is 2.88. The Bertz CT molecular complexity index is 1010. The number of nitrogens with zero attached hydrogens (tertiary/aromatic N) is 3. The van der Waals surface area contributed by atoms with Gasteiger partial charge in [-0.15, -0.1) is 0 Å². The Morgan fingerprint density at radius 2 is 1.56 bits per heavy atom. The first-order chi connectivity index (χ1) is 15.3. The molecule has 170 valence electrons. The smallest absolute Gasteiger partial charge is 0.421 e. The van der Waals surface area contributed by atoms with E-state index in [9.17, 15) is 13.2 Å². The van der Waals surface area contributed by atoms with Crippen molar-refractivity contribution in [3.05, 3.63) is 60.3 Å². The molecular formula is C23H25F3N4O2. The van der Waals surface area contributed by atoms with Crippen molar-refractivity contribution >= 4 is 23.1 Å². The first-order valence-electron chi connectivity index (χ1n) is 10.2. The quantitative estimate of drug-likeness (QED) is 0.423. The van der Waals surface area contributed by atoms with Crippen LogP contribution in [0, 0.1) is 0 Å². The van der Waals surface area contributed by atoms with Crippen LogP contribution in [0.15, 0.2) is 54.7 Å². The van der Waals surface area contributed by atoms with Crippen LogP contribution in [0.4, 0.5) is 36.3 Å². The summed E-state index contributed by atoms with van der Waals surface area (Å²) >= 11 is 0. The number of ether oxygens (including phenoxy) is 2. The van der Waals surface area contributed by atoms with Crippen LogP contribution in [0.5, 0.6) is 11.5 Å². The molecule has 0 aliphatic carbocycles. The van der Waals surface area contributed by atoms with Crippen LogP contribution in [0.1, 0.15) is 25.8 Å². The van der Waals surface area contributed by atoms with E-state index in [-0.39, 0.29) is 11.8 Å². The lowest BCUT2D eigenvalue weighted by Gasteiger charge is -2.20. The molecule has 0 aliphatic heterocycles. The fraction of sp³-hybridized carbons (Fsp3) is 0.304. The van der Waals surface area contributed by atoms with Crippen LogP contribution in [0.2, 0.25) is 0 Å². The van der Waals surface area contributed by atoms with Gasteiger partial charge in [0.2, 0.25) is 5.95 Å². The Balaban J connectivity index is 1.87. The number of alkyl halides is 3. The van der Waals surface area contributed by atoms with Crippen molar-refractivity contribution in [2.24, 2.45) is 0 Å². The molecule has 6 nitrogen and oxygen atoms in total. The maximum Gasteiger partial charge on any atom is 0.421 e. The van der Waals surface area contributed by atoms with Crippen LogP contribution in [-0.2, 0) is 6.18 Å². The van der Waals surface area contributed by atoms with E-state index in [0.717, 1.165) is 18.4 Å². The second-order valence-corrected chi connectivity index (χ2v) is 6.91. The van der Waals surface area contributed by atoms with Crippen LogP contribution in [0.25, 0.3) is 0 Å². The van der Waals surface area contributed by atoms with E-state index in [1.807, 2.05) is 13.8 Å². The summed E-state index contributed by atoms with van der Waals surface area (Å²) < 4.78 is 51.6. The number of hydrogen-bond donors (Lipinski definition) is 1. The zero-order valence-electron chi connectivity index (χ0n) is 18.1. The molecular weight excluding hydrogens is 421 g/mol. The van der Waals surface area contributed by atoms with Gasteiger partial charge in [0.05, 0.1) is 13.2 Å². The van der Waals surface area contributed by atoms with E-state index < -0.39 is 11.7 Å². The molecule has 9 heteroatoms. The molecule has 0 saturated carbocycles. The normalized spacial score (nSPS) is 11.2. The zero-order chi connectivity index (χ0) is 23.1. The van der Waals surface area contributed by atoms with E-state index in [4.69, 9.17) is 9.47 Å². The molecule has 1 heterocycles. The Morgan fingerprint density at radius 1 is 0.938 bits per heavy atom. The first-order valence-corrected chi connectivity index (χ1v) is 10.2. The van der Waals surface area contributed by atoms with Crippen LogP contribution in [0.3, 0.4) is 0 Å². The molecule has 0 saturated heterocycles. The highest BCUT2D eigenvalue weighted by molar-refractivity contribution is 5.64. The topological polar surface area (TPSA) is 59.5 Å². The highest BCUT2D eigenvalue weighted by Gasteiger charge is 2.35. The number of hydrogen-bond acceptors (Lipinski definition) is 6. The van der Waals surface area contributed by atoms with Gasteiger partial charge >= 0.3 is 6.18 Å². The Kier molecular flexibility index (Phi) is 7.40. The summed E-state index contributed by atoms with van der Waals surface area (Å²) in [6.45, 7) is 4.98. The second-order valence-electron chi connectivity index (χ2n) is 6.91. The summed E-state index contributed by atoms with van der Waals surface area (Å²) in [5, 5.41) is 2.75. The minimum absolute atomic E-state index is 0.119. The number of aromatic nitrogens is 2. The number of anilines is 4. The van der Waals surface area contributed by atoms with Gasteiger partial charge in [-0.25, -0.2) is 4.98 Å². The summed E-state index contributed by atoms with van der Waals surface area (Å²) in [7, 11) is 1.69. The number of nitrogens with one attached hydrogen (secondary N) is 1. The molecule has 0 fully saturated rings. The van der Waals surface area contributed by atoms with Crippen molar-refractivity contribution in [3.8, 4) is 11.5 Å². The lowest BCUT2D eigenvalue weighted by molar-refractivity contribution is -0.137. The van der Waals surface area contributed by atoms with Crippen molar-refractivity contribution in [3.63, 3.8) is 0 Å². The SMILES string of the molecule is CCCOc1ccc(N(C)c2ncc(C(F)(F)F)c(Nc3ccc(OCC)cc3)n2)cc1. The summed E-state index contributed by atoms with van der Waals surface area (Å²) in [5.41, 5.74) is 0.205. The van der Waals surface area contributed by atoms with Gasteiger partial charge in [0, 0.05) is 24.6 Å². The van der Waals surface area contributed by atoms with Gasteiger partial charge in [-0.1, -0.05) is 6.92 Å². The van der Waals surface area contributed by atoms with Gasteiger partial charge in [-0.05, 0) is 61.9 Å². The fourth-order valence-electron chi connectivity index (χ4n) is 2.88. The number of rotatable bonds is 9. The highest BCUT2D eigenvalue weighted by Crippen LogP contribution is 2.36. The minimum Gasteiger partial charge on any atom is -0.494 e. The lowest BCUT2D eigenvalue weighted by atomic mass is 10.2. The van der Waals surface area contributed by atoms with E-state index in [0.29, 0.717) is 30.3 Å². The van der Waals surface area contributed by atoms with Gasteiger partial charge in [0.1, 0.15) is 22.9 Å². The second kappa shape index (κ2) is 10.2. The molecule has 0 atom stereocenters. The van der Waals surface area contributed by atoms with Gasteiger partial charge in [0.15, 0.2) is 0 Å². The van der Waals surface area contributed by atoms with E-state index >= 15 is 0 Å². The lowest BCUT2D eigenvalue weighted by Crippen LogP contribution is -2.17. The molecule has 2 aromatic carbocycles. The van der Waals surface area contributed by atoms with Crippen molar-refractivity contribution in [1.29, 1.82) is 0 Å². The molecule has 1 aromatic heterocycles.